The van der Waals surface area contributed by atoms with Gasteiger partial charge in [0.05, 0.1) is 0 Å². The van der Waals surface area contributed by atoms with E-state index in [0.717, 1.165) is 0 Å². The Morgan fingerprint density at radius 3 is 1.33 bits per heavy atom. The van der Waals surface area contributed by atoms with E-state index in [4.69, 9.17) is 0 Å². The van der Waals surface area contributed by atoms with E-state index in [1.54, 1.807) is 0 Å². The predicted octanol–water partition coefficient (Wildman–Crippen LogP) is -0.00170. The van der Waals surface area contributed by atoms with Crippen molar-refractivity contribution in [1.29, 1.82) is 0 Å². The van der Waals surface area contributed by atoms with Crippen LogP contribution in [0.25, 0.3) is 0 Å². The molecule has 4 nitrogen and oxygen atoms in total. The molecule has 0 aromatic heterocycles. The van der Waals surface area contributed by atoms with Gasteiger partial charge in [-0.3, -0.25) is 0 Å². The molecule has 0 unspecified atom stereocenters. The topological polar surface area (TPSA) is 81.3 Å². The molecule has 0 radical (unpaired) electrons. The molecule has 0 spiro atoms. The Hall–Kier alpha value is 0.558. The summed E-state index contributed by atoms with van der Waals surface area (Å²) in [7, 11) is 0. The zero-order valence-electron chi connectivity index (χ0n) is 9.11. The van der Waals surface area contributed by atoms with E-state index in [1.165, 1.54) is 13.0 Å². The van der Waals surface area contributed by atoms with Gasteiger partial charge in [-0.15, -0.1) is 0 Å². The van der Waals surface area contributed by atoms with Crippen LogP contribution in [0.5, 0.6) is 0 Å². The van der Waals surface area contributed by atoms with E-state index >= 15 is 0 Å². The second-order valence-electron chi connectivity index (χ2n) is 2.27. The van der Waals surface area contributed by atoms with Crippen molar-refractivity contribution in [2.75, 3.05) is 6.54 Å². The Morgan fingerprint density at radius 1 is 1.00 bits per heavy atom. The van der Waals surface area contributed by atoms with Crippen molar-refractivity contribution >= 4 is 87.5 Å². The summed E-state index contributed by atoms with van der Waals surface area (Å²) in [5.74, 6) is 0. The Kier molecular flexibility index (Phi) is 23.1. The van der Waals surface area contributed by atoms with E-state index in [-0.39, 0.29) is 13.0 Å². The second kappa shape index (κ2) is 17.6. The molecule has 6 N–H and O–H groups in total. The summed E-state index contributed by atoms with van der Waals surface area (Å²) in [5, 5.41) is 0. The summed E-state index contributed by atoms with van der Waals surface area (Å²) in [5.41, 5.74) is 14.0. The molecule has 0 aromatic rings. The first-order valence-corrected chi connectivity index (χ1v) is 7.44. The Morgan fingerprint density at radius 2 is 1.28 bits per heavy atom. The summed E-state index contributed by atoms with van der Waals surface area (Å²) in [6, 6.07) is 0. The predicted molar refractivity (Wildman–Crippen MR) is 92.9 cm³/mol. The zero-order chi connectivity index (χ0) is 15.1. The third-order valence-corrected chi connectivity index (χ3v) is 1.54. The summed E-state index contributed by atoms with van der Waals surface area (Å²) in [6.45, 7) is 1.21. The summed E-state index contributed by atoms with van der Waals surface area (Å²) in [6.07, 6.45) is 5.53. The molecule has 0 bridgehead atoms. The molecule has 18 heavy (non-hydrogen) atoms. The minimum atomic E-state index is 0.0833. The van der Waals surface area contributed by atoms with Crippen molar-refractivity contribution in [3.05, 3.63) is 12.3 Å². The van der Waals surface area contributed by atoms with Crippen molar-refractivity contribution in [2.45, 2.75) is 6.42 Å². The molecule has 0 atom stereocenters. The molecule has 0 aromatic carbocycles. The second-order valence-corrected chi connectivity index (χ2v) is 6.84. The van der Waals surface area contributed by atoms with Crippen molar-refractivity contribution in [3.8, 4) is 0 Å². The Balaban J connectivity index is -0.000000171. The Bertz CT molecular complexity index is 245. The van der Waals surface area contributed by atoms with Crippen LogP contribution in [0.2, 0.25) is 0 Å². The molecule has 1 aliphatic heterocycles. The van der Waals surface area contributed by atoms with Crippen LogP contribution in [0.3, 0.4) is 0 Å². The van der Waals surface area contributed by atoms with Crippen LogP contribution in [0.15, 0.2) is 12.3 Å². The number of nitrogens with zero attached hydrogens (tertiary/aromatic N) is 1. The van der Waals surface area contributed by atoms with Gasteiger partial charge in [-0.25, -0.2) is 0 Å². The van der Waals surface area contributed by atoms with E-state index in [2.05, 4.69) is 107 Å². The van der Waals surface area contributed by atoms with Gasteiger partial charge >= 0.3 is 48.8 Å². The number of hydrogen-bond donors (Lipinski definition) is 3. The molecule has 0 fully saturated rings. The molecular weight excluding hydrogens is 428 g/mol. The van der Waals surface area contributed by atoms with Gasteiger partial charge in [0.2, 0.25) is 0 Å². The minimum absolute atomic E-state index is 0.0833. The zero-order valence-corrected chi connectivity index (χ0v) is 16.0. The average molecular weight is 441 g/mol. The van der Waals surface area contributed by atoms with Gasteiger partial charge in [0.1, 0.15) is 0 Å². The fourth-order valence-electron chi connectivity index (χ4n) is 0.468. The first-order valence-electron chi connectivity index (χ1n) is 4.09. The molecule has 1 aliphatic rings. The number of hydrogen-bond acceptors (Lipinski definition) is 7. The molecule has 0 amide bonds. The summed E-state index contributed by atoms with van der Waals surface area (Å²) >= 11 is 26.8. The molecule has 1 rings (SSSR count). The molecule has 11 heteroatoms. The van der Waals surface area contributed by atoms with Crippen LogP contribution in [-0.4, -0.2) is 23.0 Å². The number of thiocarbonyl (C=S) groups is 3. The van der Waals surface area contributed by atoms with Crippen molar-refractivity contribution in [2.24, 2.45) is 17.2 Å². The van der Waals surface area contributed by atoms with Crippen LogP contribution in [0, 0.1) is 0 Å². The van der Waals surface area contributed by atoms with E-state index in [9.17, 15) is 0 Å². The molecule has 1 heterocycles. The van der Waals surface area contributed by atoms with Gasteiger partial charge in [-0.2, -0.15) is 0 Å². The standard InChI is InChI=1S/C4H6N.3CH3NS2.Mo/c1-2-4-5-3-1;3*2-1(3)4;/h1,3H,2,4H2;3*(H3,2,3,4);/q-1;;;;+4/p-3. The maximum atomic E-state index is 4.66. The van der Waals surface area contributed by atoms with Crippen LogP contribution in [0.4, 0.5) is 0 Å². The van der Waals surface area contributed by atoms with Gasteiger partial charge in [0.15, 0.2) is 0 Å². The van der Waals surface area contributed by atoms with Gasteiger partial charge in [0, 0.05) is 0 Å². The average Bonchev–Trinajstić information content (AvgIpc) is 2.51. The first-order chi connectivity index (χ1) is 8.09. The normalized spacial score (nSPS) is 10.5. The molecule has 0 saturated carbocycles. The van der Waals surface area contributed by atoms with Crippen LogP contribution >= 0.6 is 36.7 Å². The molecular formula is C7H12MoN4S6. The number of nitrogens with two attached hydrogens (primary N) is 3. The van der Waals surface area contributed by atoms with Crippen LogP contribution < -0.4 is 17.2 Å². The van der Waals surface area contributed by atoms with Gasteiger partial charge < -0.3 is 91.7 Å². The van der Waals surface area contributed by atoms with E-state index < -0.39 is 0 Å². The van der Waals surface area contributed by atoms with Gasteiger partial charge in [-0.05, 0) is 0 Å². The molecule has 0 aliphatic carbocycles. The first kappa shape index (κ1) is 23.6. The third kappa shape index (κ3) is 70.2. The van der Waals surface area contributed by atoms with Crippen LogP contribution in [-0.2, 0) is 58.0 Å². The fourth-order valence-corrected chi connectivity index (χ4v) is 0.939. The number of rotatable bonds is 0. The van der Waals surface area contributed by atoms with Gasteiger partial charge in [-0.1, -0.05) is 13.0 Å². The van der Waals surface area contributed by atoms with Crippen molar-refractivity contribution in [1.82, 2.24) is 3.46 Å². The SMILES string of the molecule is NC(=S)[S-].NC(=S)[S-].NC(=S)[S-].[Mo+3][N]1C=CCC1. The summed E-state index contributed by atoms with van der Waals surface area (Å²) in [4.78, 5) is 0. The van der Waals surface area contributed by atoms with E-state index in [0.29, 0.717) is 0 Å². The summed E-state index contributed by atoms with van der Waals surface area (Å²) < 4.78 is 2.44. The Labute approximate surface area is 152 Å². The fraction of sp³-hybridized carbons (Fsp3) is 0.286. The maximum absolute atomic E-state index is 4.66. The molecule has 102 valence electrons. The molecule has 0 saturated heterocycles. The van der Waals surface area contributed by atoms with Crippen LogP contribution in [0.1, 0.15) is 6.42 Å². The third-order valence-electron chi connectivity index (χ3n) is 0.788. The van der Waals surface area contributed by atoms with Crippen molar-refractivity contribution < 1.29 is 20.1 Å². The van der Waals surface area contributed by atoms with Gasteiger partial charge in [0.25, 0.3) is 0 Å². The van der Waals surface area contributed by atoms with Crippen molar-refractivity contribution in [3.63, 3.8) is 0 Å². The monoisotopic (exact) mass is 442 g/mol. The quantitative estimate of drug-likeness (QED) is 0.272. The van der Waals surface area contributed by atoms with E-state index in [1.807, 2.05) is 20.1 Å².